The average molecular weight is 435 g/mol. The van der Waals surface area contributed by atoms with E-state index in [0.29, 0.717) is 22.1 Å². The molecule has 4 rings (SSSR count). The third-order valence-electron chi connectivity index (χ3n) is 4.75. The molecule has 0 fully saturated rings. The molecule has 29 heavy (non-hydrogen) atoms. The van der Waals surface area contributed by atoms with Gasteiger partial charge in [0.2, 0.25) is 14.9 Å². The molecule has 1 amide bonds. The smallest absolute Gasteiger partial charge is 0.291 e. The van der Waals surface area contributed by atoms with Crippen LogP contribution in [-0.4, -0.2) is 35.3 Å². The molecule has 0 aliphatic carbocycles. The van der Waals surface area contributed by atoms with Gasteiger partial charge in [-0.2, -0.15) is 0 Å². The van der Waals surface area contributed by atoms with Gasteiger partial charge in [-0.05, 0) is 43.2 Å². The number of aryl methyl sites for hydroxylation is 1. The highest BCUT2D eigenvalue weighted by Crippen LogP contribution is 2.31. The Labute approximate surface area is 172 Å². The number of hydrogen-bond donors (Lipinski definition) is 1. The molecule has 8 nitrogen and oxygen atoms in total. The lowest BCUT2D eigenvalue weighted by Gasteiger charge is -2.10. The fraction of sp³-hybridized carbons (Fsp3) is 0.316. The quantitative estimate of drug-likeness (QED) is 0.672. The van der Waals surface area contributed by atoms with Gasteiger partial charge in [0.25, 0.3) is 5.91 Å². The Bertz CT molecular complexity index is 1180. The molecule has 0 saturated carbocycles. The Morgan fingerprint density at radius 3 is 2.76 bits per heavy atom. The van der Waals surface area contributed by atoms with E-state index >= 15 is 0 Å². The Morgan fingerprint density at radius 1 is 1.17 bits per heavy atom. The second kappa shape index (κ2) is 7.64. The van der Waals surface area contributed by atoms with Gasteiger partial charge < -0.3 is 14.3 Å². The lowest BCUT2D eigenvalue weighted by Crippen LogP contribution is -2.11. The topological polar surface area (TPSA) is 107 Å². The highest BCUT2D eigenvalue weighted by atomic mass is 35.5. The van der Waals surface area contributed by atoms with Crippen molar-refractivity contribution in [3.8, 4) is 11.4 Å². The fourth-order valence-electron chi connectivity index (χ4n) is 3.29. The molecule has 152 valence electrons. The number of amides is 1. The molecule has 10 heteroatoms. The van der Waals surface area contributed by atoms with Gasteiger partial charge in [0.15, 0.2) is 11.6 Å². The second-order valence-electron chi connectivity index (χ2n) is 6.94. The molecule has 1 aliphatic heterocycles. The third-order valence-corrected chi connectivity index (χ3v) is 6.03. The second-order valence-corrected chi connectivity index (χ2v) is 9.30. The maximum Gasteiger partial charge on any atom is 0.291 e. The number of nitrogens with one attached hydrogen (secondary N) is 1. The number of anilines is 1. The van der Waals surface area contributed by atoms with Crippen molar-refractivity contribution in [2.24, 2.45) is 0 Å². The summed E-state index contributed by atoms with van der Waals surface area (Å²) in [6.07, 6.45) is 5.17. The summed E-state index contributed by atoms with van der Waals surface area (Å²) in [4.78, 5) is 12.4. The normalized spacial score (nSPS) is 14.3. The van der Waals surface area contributed by atoms with E-state index in [4.69, 9.17) is 16.0 Å². The Hall–Kier alpha value is -2.65. The SMILES string of the molecule is CS(=O)(=O)c1ccc(C(=O)Nc2ccc(Cl)c(-c3nnc4n3CCCCC4)c2)o1. The van der Waals surface area contributed by atoms with Crippen molar-refractivity contribution in [2.75, 3.05) is 11.6 Å². The zero-order valence-corrected chi connectivity index (χ0v) is 17.3. The van der Waals surface area contributed by atoms with Crippen LogP contribution in [0.4, 0.5) is 5.69 Å². The number of rotatable bonds is 4. The summed E-state index contributed by atoms with van der Waals surface area (Å²) < 4.78 is 30.3. The van der Waals surface area contributed by atoms with Crippen LogP contribution >= 0.6 is 11.6 Å². The van der Waals surface area contributed by atoms with Crippen molar-refractivity contribution in [3.05, 3.63) is 46.9 Å². The highest BCUT2D eigenvalue weighted by Gasteiger charge is 2.20. The number of hydrogen-bond acceptors (Lipinski definition) is 6. The number of carbonyl (C=O) groups is 1. The Kier molecular flexibility index (Phi) is 5.18. The molecule has 3 aromatic rings. The minimum absolute atomic E-state index is 0.0988. The molecule has 2 aromatic heterocycles. The van der Waals surface area contributed by atoms with Gasteiger partial charge in [0.1, 0.15) is 5.82 Å². The van der Waals surface area contributed by atoms with E-state index < -0.39 is 15.7 Å². The van der Waals surface area contributed by atoms with Crippen molar-refractivity contribution in [1.82, 2.24) is 14.8 Å². The number of carbonyl (C=O) groups excluding carboxylic acids is 1. The molecule has 1 aliphatic rings. The van der Waals surface area contributed by atoms with Crippen LogP contribution in [-0.2, 0) is 22.8 Å². The maximum absolute atomic E-state index is 12.4. The zero-order valence-electron chi connectivity index (χ0n) is 15.7. The Morgan fingerprint density at radius 2 is 2.00 bits per heavy atom. The predicted molar refractivity (Wildman–Crippen MR) is 108 cm³/mol. The van der Waals surface area contributed by atoms with Crippen molar-refractivity contribution >= 4 is 33.0 Å². The summed E-state index contributed by atoms with van der Waals surface area (Å²) in [6, 6.07) is 7.63. The summed E-state index contributed by atoms with van der Waals surface area (Å²) in [5.41, 5.74) is 1.15. The van der Waals surface area contributed by atoms with E-state index in [2.05, 4.69) is 20.1 Å². The minimum atomic E-state index is -3.52. The molecule has 1 N–H and O–H groups in total. The van der Waals surface area contributed by atoms with E-state index in [1.165, 1.54) is 12.1 Å². The number of benzene rings is 1. The monoisotopic (exact) mass is 434 g/mol. The number of fused-ring (bicyclic) bond motifs is 1. The van der Waals surface area contributed by atoms with E-state index in [0.717, 1.165) is 44.3 Å². The number of nitrogens with zero attached hydrogens (tertiary/aromatic N) is 3. The first-order chi connectivity index (χ1) is 13.8. The highest BCUT2D eigenvalue weighted by molar-refractivity contribution is 7.90. The summed E-state index contributed by atoms with van der Waals surface area (Å²) in [5.74, 6) is 0.943. The van der Waals surface area contributed by atoms with Crippen molar-refractivity contribution < 1.29 is 17.6 Å². The van der Waals surface area contributed by atoms with Crippen LogP contribution in [0.1, 0.15) is 35.6 Å². The number of furan rings is 1. The summed E-state index contributed by atoms with van der Waals surface area (Å²) in [5, 5.41) is 11.5. The molecule has 1 aromatic carbocycles. The molecule has 0 saturated heterocycles. The number of halogens is 1. The number of aromatic nitrogens is 3. The minimum Gasteiger partial charge on any atom is -0.440 e. The van der Waals surface area contributed by atoms with Gasteiger partial charge in [-0.3, -0.25) is 4.79 Å². The lowest BCUT2D eigenvalue weighted by molar-refractivity contribution is 0.0991. The van der Waals surface area contributed by atoms with E-state index in [1.54, 1.807) is 18.2 Å². The van der Waals surface area contributed by atoms with E-state index in [9.17, 15) is 13.2 Å². The molecular weight excluding hydrogens is 416 g/mol. The number of sulfone groups is 1. The first kappa shape index (κ1) is 19.7. The molecule has 0 spiro atoms. The molecule has 0 unspecified atom stereocenters. The summed E-state index contributed by atoms with van der Waals surface area (Å²) in [7, 11) is -3.52. The predicted octanol–water partition coefficient (Wildman–Crippen LogP) is 3.57. The standard InChI is InChI=1S/C19H19ClN4O4S/c1-29(26,27)17-9-8-15(28-17)19(25)21-12-6-7-14(20)13(11-12)18-23-22-16-5-3-2-4-10-24(16)18/h6-9,11H,2-5,10H2,1H3,(H,21,25). The van der Waals surface area contributed by atoms with Crippen LogP contribution in [0.25, 0.3) is 11.4 Å². The third kappa shape index (κ3) is 4.06. The van der Waals surface area contributed by atoms with Crippen LogP contribution in [0.3, 0.4) is 0 Å². The van der Waals surface area contributed by atoms with Crippen LogP contribution in [0.5, 0.6) is 0 Å². The largest absolute Gasteiger partial charge is 0.440 e. The Balaban J connectivity index is 1.62. The van der Waals surface area contributed by atoms with E-state index in [-0.39, 0.29) is 10.9 Å². The van der Waals surface area contributed by atoms with Crippen molar-refractivity contribution in [3.63, 3.8) is 0 Å². The summed E-state index contributed by atoms with van der Waals surface area (Å²) >= 11 is 6.40. The van der Waals surface area contributed by atoms with Gasteiger partial charge in [0, 0.05) is 30.5 Å². The van der Waals surface area contributed by atoms with Gasteiger partial charge in [-0.25, -0.2) is 8.42 Å². The molecule has 0 bridgehead atoms. The van der Waals surface area contributed by atoms with Crippen LogP contribution < -0.4 is 5.32 Å². The first-order valence-electron chi connectivity index (χ1n) is 9.16. The first-order valence-corrected chi connectivity index (χ1v) is 11.4. The van der Waals surface area contributed by atoms with Gasteiger partial charge in [0.05, 0.1) is 5.02 Å². The van der Waals surface area contributed by atoms with Gasteiger partial charge in [-0.1, -0.05) is 18.0 Å². The average Bonchev–Trinajstić information content (AvgIpc) is 3.26. The maximum atomic E-state index is 12.4. The summed E-state index contributed by atoms with van der Waals surface area (Å²) in [6.45, 7) is 0.825. The van der Waals surface area contributed by atoms with Gasteiger partial charge >= 0.3 is 0 Å². The molecule has 3 heterocycles. The molecular formula is C19H19ClN4O4S. The van der Waals surface area contributed by atoms with Crippen molar-refractivity contribution in [1.29, 1.82) is 0 Å². The van der Waals surface area contributed by atoms with Crippen molar-refractivity contribution in [2.45, 2.75) is 37.3 Å². The fourth-order valence-corrected chi connectivity index (χ4v) is 4.05. The van der Waals surface area contributed by atoms with Crippen LogP contribution in [0, 0.1) is 0 Å². The molecule has 0 radical (unpaired) electrons. The van der Waals surface area contributed by atoms with Gasteiger partial charge in [-0.15, -0.1) is 10.2 Å². The molecule has 0 atom stereocenters. The zero-order chi connectivity index (χ0) is 20.6. The van der Waals surface area contributed by atoms with Crippen LogP contribution in [0.15, 0.2) is 39.8 Å². The lowest BCUT2D eigenvalue weighted by atomic mass is 10.1. The van der Waals surface area contributed by atoms with E-state index in [1.807, 2.05) is 0 Å². The van der Waals surface area contributed by atoms with Crippen LogP contribution in [0.2, 0.25) is 5.02 Å².